The molecule has 0 aromatic heterocycles. The van der Waals surface area contributed by atoms with Gasteiger partial charge >= 0.3 is 0 Å². The lowest BCUT2D eigenvalue weighted by Crippen LogP contribution is -2.57. The van der Waals surface area contributed by atoms with Crippen LogP contribution in [0.5, 0.6) is 5.75 Å². The molecule has 3 atom stereocenters. The first-order chi connectivity index (χ1) is 16.9. The summed E-state index contributed by atoms with van der Waals surface area (Å²) in [5, 5.41) is 0. The third kappa shape index (κ3) is 6.65. The molecule has 1 aliphatic heterocycles. The zero-order chi connectivity index (χ0) is 25.4. The summed E-state index contributed by atoms with van der Waals surface area (Å²) in [6.45, 7) is 15.7. The molecule has 0 aliphatic carbocycles. The first-order valence-electron chi connectivity index (χ1n) is 13.5. The number of methoxy groups -OCH3 is 1. The van der Waals surface area contributed by atoms with Crippen LogP contribution in [-0.4, -0.2) is 72.5 Å². The molecule has 1 saturated heterocycles. The molecule has 1 heterocycles. The van der Waals surface area contributed by atoms with Crippen molar-refractivity contribution in [1.29, 1.82) is 0 Å². The molecular formula is C30H45N3O2. The Morgan fingerprint density at radius 1 is 0.971 bits per heavy atom. The topological polar surface area (TPSA) is 36.0 Å². The Hall–Kier alpha value is -2.37. The molecule has 0 N–H and O–H groups in total. The zero-order valence-electron chi connectivity index (χ0n) is 22.7. The maximum absolute atomic E-state index is 12.9. The minimum Gasteiger partial charge on any atom is -0.497 e. The van der Waals surface area contributed by atoms with Crippen molar-refractivity contribution in [2.45, 2.75) is 72.0 Å². The van der Waals surface area contributed by atoms with Gasteiger partial charge in [0, 0.05) is 43.8 Å². The van der Waals surface area contributed by atoms with E-state index in [-0.39, 0.29) is 11.9 Å². The third-order valence-corrected chi connectivity index (χ3v) is 7.48. The Morgan fingerprint density at radius 3 is 2.31 bits per heavy atom. The van der Waals surface area contributed by atoms with Gasteiger partial charge < -0.3 is 9.64 Å². The standard InChI is InChI=1S/C30H45N3O2/c1-7-10-11-19-32-21-24(5)33(22-23(32)4)29(27-13-12-14-28(20-27)35-6)25-15-17-26(18-16-25)30(34)31(8-2)9-3/h12-18,20,23-24,29H,7-11,19,21-22H2,1-6H3/t23-,24+,29-/m0/s1. The molecule has 1 amide bonds. The average Bonchev–Trinajstić information content (AvgIpc) is 2.88. The quantitative estimate of drug-likeness (QED) is 0.379. The van der Waals surface area contributed by atoms with E-state index in [2.05, 4.69) is 60.9 Å². The van der Waals surface area contributed by atoms with Crippen LogP contribution in [0.15, 0.2) is 48.5 Å². The maximum atomic E-state index is 12.9. The van der Waals surface area contributed by atoms with Crippen LogP contribution >= 0.6 is 0 Å². The van der Waals surface area contributed by atoms with Gasteiger partial charge in [0.1, 0.15) is 5.75 Å². The molecule has 5 heteroatoms. The predicted molar refractivity (Wildman–Crippen MR) is 145 cm³/mol. The van der Waals surface area contributed by atoms with Crippen molar-refractivity contribution in [3.8, 4) is 5.75 Å². The smallest absolute Gasteiger partial charge is 0.253 e. The Bertz CT molecular complexity index is 925. The average molecular weight is 480 g/mol. The molecule has 192 valence electrons. The molecule has 0 radical (unpaired) electrons. The van der Waals surface area contributed by atoms with Gasteiger partial charge in [-0.15, -0.1) is 0 Å². The highest BCUT2D eigenvalue weighted by molar-refractivity contribution is 5.94. The highest BCUT2D eigenvalue weighted by Gasteiger charge is 2.34. The van der Waals surface area contributed by atoms with E-state index in [1.165, 1.54) is 36.9 Å². The number of carbonyl (C=O) groups is 1. The van der Waals surface area contributed by atoms with Gasteiger partial charge in [0.2, 0.25) is 0 Å². The molecule has 0 saturated carbocycles. The van der Waals surface area contributed by atoms with E-state index >= 15 is 0 Å². The molecular weight excluding hydrogens is 434 g/mol. The van der Waals surface area contributed by atoms with Gasteiger partial charge in [-0.3, -0.25) is 14.6 Å². The first kappa shape index (κ1) is 27.2. The lowest BCUT2D eigenvalue weighted by molar-refractivity contribution is 0.0232. The summed E-state index contributed by atoms with van der Waals surface area (Å²) in [5.41, 5.74) is 3.20. The van der Waals surface area contributed by atoms with Crippen molar-refractivity contribution in [2.75, 3.05) is 39.8 Å². The van der Waals surface area contributed by atoms with Gasteiger partial charge in [-0.2, -0.15) is 0 Å². The number of amides is 1. The second-order valence-electron chi connectivity index (χ2n) is 9.88. The van der Waals surface area contributed by atoms with Crippen molar-refractivity contribution in [3.63, 3.8) is 0 Å². The number of hydrogen-bond acceptors (Lipinski definition) is 4. The fourth-order valence-electron chi connectivity index (χ4n) is 5.35. The van der Waals surface area contributed by atoms with E-state index in [1.54, 1.807) is 7.11 Å². The zero-order valence-corrected chi connectivity index (χ0v) is 22.7. The van der Waals surface area contributed by atoms with Crippen molar-refractivity contribution in [2.24, 2.45) is 0 Å². The van der Waals surface area contributed by atoms with Crippen LogP contribution in [0.25, 0.3) is 0 Å². The number of benzene rings is 2. The summed E-state index contributed by atoms with van der Waals surface area (Å²) in [6, 6.07) is 17.8. The number of rotatable bonds is 11. The molecule has 0 unspecified atom stereocenters. The molecule has 3 rings (SSSR count). The van der Waals surface area contributed by atoms with Crippen LogP contribution in [0, 0.1) is 0 Å². The maximum Gasteiger partial charge on any atom is 0.253 e. The van der Waals surface area contributed by atoms with Crippen molar-refractivity contribution >= 4 is 5.91 Å². The molecule has 1 fully saturated rings. The fraction of sp³-hybridized carbons (Fsp3) is 0.567. The van der Waals surface area contributed by atoms with E-state index in [0.29, 0.717) is 12.1 Å². The van der Waals surface area contributed by atoms with E-state index in [0.717, 1.165) is 37.5 Å². The minimum absolute atomic E-state index is 0.0992. The van der Waals surface area contributed by atoms with Gasteiger partial charge in [0.15, 0.2) is 0 Å². The van der Waals surface area contributed by atoms with Crippen LogP contribution in [-0.2, 0) is 0 Å². The Labute approximate surface area is 213 Å². The third-order valence-electron chi connectivity index (χ3n) is 7.48. The number of carbonyl (C=O) groups excluding carboxylic acids is 1. The highest BCUT2D eigenvalue weighted by atomic mass is 16.5. The lowest BCUT2D eigenvalue weighted by atomic mass is 9.92. The van der Waals surface area contributed by atoms with Crippen molar-refractivity contribution < 1.29 is 9.53 Å². The van der Waals surface area contributed by atoms with Crippen LogP contribution in [0.1, 0.15) is 81.4 Å². The van der Waals surface area contributed by atoms with Crippen LogP contribution in [0.4, 0.5) is 0 Å². The Kier molecular flexibility index (Phi) is 10.2. The number of piperazine rings is 1. The SMILES string of the molecule is CCCCCN1C[C@@H](C)N([C@@H](c2ccc(C(=O)N(CC)CC)cc2)c2cccc(OC)c2)C[C@@H]1C. The number of hydrogen-bond donors (Lipinski definition) is 0. The summed E-state index contributed by atoms with van der Waals surface area (Å²) >= 11 is 0. The summed E-state index contributed by atoms with van der Waals surface area (Å²) in [5.74, 6) is 0.974. The Balaban J connectivity index is 1.91. The van der Waals surface area contributed by atoms with E-state index < -0.39 is 0 Å². The van der Waals surface area contributed by atoms with Crippen molar-refractivity contribution in [3.05, 3.63) is 65.2 Å². The summed E-state index contributed by atoms with van der Waals surface area (Å²) in [4.78, 5) is 20.0. The van der Waals surface area contributed by atoms with Crippen LogP contribution < -0.4 is 4.74 Å². The monoisotopic (exact) mass is 479 g/mol. The largest absolute Gasteiger partial charge is 0.497 e. The molecule has 1 aliphatic rings. The van der Waals surface area contributed by atoms with Gasteiger partial charge in [-0.05, 0) is 76.1 Å². The van der Waals surface area contributed by atoms with Gasteiger partial charge in [0.25, 0.3) is 5.91 Å². The van der Waals surface area contributed by atoms with E-state index in [9.17, 15) is 4.79 Å². The number of nitrogens with zero attached hydrogens (tertiary/aromatic N) is 3. The minimum atomic E-state index is 0.0992. The van der Waals surface area contributed by atoms with Crippen LogP contribution in [0.2, 0.25) is 0 Å². The second-order valence-corrected chi connectivity index (χ2v) is 9.88. The number of unbranched alkanes of at least 4 members (excludes halogenated alkanes) is 2. The molecule has 0 bridgehead atoms. The molecule has 0 spiro atoms. The van der Waals surface area contributed by atoms with Gasteiger partial charge in [0.05, 0.1) is 13.2 Å². The molecule has 2 aromatic carbocycles. The second kappa shape index (κ2) is 13.1. The first-order valence-corrected chi connectivity index (χ1v) is 13.5. The van der Waals surface area contributed by atoms with Gasteiger partial charge in [-0.25, -0.2) is 0 Å². The summed E-state index contributed by atoms with van der Waals surface area (Å²) in [7, 11) is 1.72. The van der Waals surface area contributed by atoms with Gasteiger partial charge in [-0.1, -0.05) is 44.0 Å². The molecule has 2 aromatic rings. The summed E-state index contributed by atoms with van der Waals surface area (Å²) < 4.78 is 5.57. The number of ether oxygens (including phenoxy) is 1. The fourth-order valence-corrected chi connectivity index (χ4v) is 5.35. The highest BCUT2D eigenvalue weighted by Crippen LogP contribution is 2.35. The van der Waals surface area contributed by atoms with Crippen molar-refractivity contribution in [1.82, 2.24) is 14.7 Å². The predicted octanol–water partition coefficient (Wildman–Crippen LogP) is 5.85. The summed E-state index contributed by atoms with van der Waals surface area (Å²) in [6.07, 6.45) is 3.83. The lowest BCUT2D eigenvalue weighted by Gasteiger charge is -2.47. The molecule has 35 heavy (non-hydrogen) atoms. The normalized spacial score (nSPS) is 19.9. The van der Waals surface area contributed by atoms with Crippen LogP contribution in [0.3, 0.4) is 0 Å². The van der Waals surface area contributed by atoms with E-state index in [4.69, 9.17) is 4.74 Å². The van der Waals surface area contributed by atoms with E-state index in [1.807, 2.05) is 36.9 Å². The Morgan fingerprint density at radius 2 is 1.69 bits per heavy atom. The molecule has 5 nitrogen and oxygen atoms in total.